The number of hydrogen-bond donors (Lipinski definition) is 12. The minimum Gasteiger partial charge on any atom is -0.508 e. The van der Waals surface area contributed by atoms with E-state index in [0.717, 1.165) is 10.9 Å². The van der Waals surface area contributed by atoms with Crippen molar-refractivity contribution in [2.45, 2.75) is 110 Å². The summed E-state index contributed by atoms with van der Waals surface area (Å²) in [4.78, 5) is 109. The maximum Gasteiger partial charge on any atom is 0.326 e. The summed E-state index contributed by atoms with van der Waals surface area (Å²) in [7, 11) is 0. The maximum absolute atomic E-state index is 14.1. The molecule has 13 N–H and O–H groups in total. The highest BCUT2D eigenvalue weighted by molar-refractivity contribution is 5.98. The molecular weight excluding hydrogens is 821 g/mol. The number of aromatic amines is 1. The molecule has 3 rings (SSSR count). The number of aromatic nitrogens is 1. The minimum atomic E-state index is -1.82. The summed E-state index contributed by atoms with van der Waals surface area (Å²) in [5.74, 6) is -9.66. The van der Waals surface area contributed by atoms with Crippen LogP contribution in [0.15, 0.2) is 54.7 Å². The lowest BCUT2D eigenvalue weighted by molar-refractivity contribution is -0.142. The van der Waals surface area contributed by atoms with E-state index >= 15 is 0 Å². The number of aromatic hydroxyl groups is 1. The van der Waals surface area contributed by atoms with Crippen LogP contribution in [-0.2, 0) is 51.2 Å². The highest BCUT2D eigenvalue weighted by Gasteiger charge is 2.36. The summed E-state index contributed by atoms with van der Waals surface area (Å²) in [6.45, 7) is 9.24. The Balaban J connectivity index is 1.91. The SMILES string of the molecule is CC(C)C[C@H](NC(=O)[C@H](Cc1c[nH]c2ccccc12)NC(=O)[C@@H](NC(=O)[C@H](CC(=O)O)NC(=O)[C@H](Cc1ccc(O)cc1)NC(=O)[C@@H](NC(=O)[C@@H](N)CO)C(C)C)C(C)C)C(=O)O. The average molecular weight is 881 g/mol. The van der Waals surface area contributed by atoms with Gasteiger partial charge in [0.05, 0.1) is 13.0 Å². The van der Waals surface area contributed by atoms with Crippen LogP contribution in [0.2, 0.25) is 0 Å². The van der Waals surface area contributed by atoms with Gasteiger partial charge < -0.3 is 63.0 Å². The number of carboxylic acids is 2. The van der Waals surface area contributed by atoms with Gasteiger partial charge in [0.2, 0.25) is 35.4 Å². The molecular formula is C43H60N8O12. The number of carbonyl (C=O) groups is 8. The van der Waals surface area contributed by atoms with Crippen molar-refractivity contribution in [3.8, 4) is 5.75 Å². The fourth-order valence-corrected chi connectivity index (χ4v) is 6.62. The quantitative estimate of drug-likeness (QED) is 0.0556. The van der Waals surface area contributed by atoms with Crippen LogP contribution in [0.4, 0.5) is 0 Å². The molecule has 0 spiro atoms. The Labute approximate surface area is 364 Å². The van der Waals surface area contributed by atoms with Gasteiger partial charge >= 0.3 is 11.9 Å². The Kier molecular flexibility index (Phi) is 19.0. The van der Waals surface area contributed by atoms with Crippen LogP contribution < -0.4 is 37.6 Å². The molecule has 0 aliphatic carbocycles. The lowest BCUT2D eigenvalue weighted by Gasteiger charge is -2.29. The zero-order valence-corrected chi connectivity index (χ0v) is 36.1. The zero-order chi connectivity index (χ0) is 47.1. The number of H-pyrrole nitrogens is 1. The molecule has 63 heavy (non-hydrogen) atoms. The van der Waals surface area contributed by atoms with E-state index in [1.54, 1.807) is 59.9 Å². The largest absolute Gasteiger partial charge is 0.508 e. The van der Waals surface area contributed by atoms with Crippen molar-refractivity contribution in [3.63, 3.8) is 0 Å². The molecule has 20 nitrogen and oxygen atoms in total. The number of rotatable bonds is 24. The second-order valence-corrected chi connectivity index (χ2v) is 16.5. The Bertz CT molecular complexity index is 2090. The number of aliphatic hydroxyl groups is 1. The Morgan fingerprint density at radius 2 is 1.11 bits per heavy atom. The molecule has 6 amide bonds. The molecule has 344 valence electrons. The summed E-state index contributed by atoms with van der Waals surface area (Å²) in [5.41, 5.74) is 7.43. The lowest BCUT2D eigenvalue weighted by atomic mass is 9.99. The van der Waals surface area contributed by atoms with Gasteiger partial charge in [-0.05, 0) is 53.5 Å². The topological polar surface area (TPSA) is 331 Å². The lowest BCUT2D eigenvalue weighted by Crippen LogP contribution is -2.61. The van der Waals surface area contributed by atoms with Gasteiger partial charge in [0.15, 0.2) is 0 Å². The monoisotopic (exact) mass is 880 g/mol. The van der Waals surface area contributed by atoms with Crippen LogP contribution in [0.5, 0.6) is 5.75 Å². The Hall–Kier alpha value is -6.54. The highest BCUT2D eigenvalue weighted by Crippen LogP contribution is 2.20. The fraction of sp³-hybridized carbons (Fsp3) is 0.488. The first-order chi connectivity index (χ1) is 29.6. The average Bonchev–Trinajstić information content (AvgIpc) is 3.62. The number of nitrogens with two attached hydrogens (primary N) is 1. The van der Waals surface area contributed by atoms with Crippen LogP contribution >= 0.6 is 0 Å². The number of carboxylic acid groups (broad SMARTS) is 2. The number of phenols is 1. The molecule has 20 heteroatoms. The first kappa shape index (κ1) is 50.8. The van der Waals surface area contributed by atoms with E-state index < -0.39 is 115 Å². The van der Waals surface area contributed by atoms with Gasteiger partial charge in [0.25, 0.3) is 0 Å². The van der Waals surface area contributed by atoms with E-state index in [4.69, 9.17) is 5.73 Å². The normalized spacial score (nSPS) is 14.7. The zero-order valence-electron chi connectivity index (χ0n) is 36.1. The molecule has 0 unspecified atom stereocenters. The van der Waals surface area contributed by atoms with E-state index in [2.05, 4.69) is 36.9 Å². The second kappa shape index (κ2) is 23.6. The Morgan fingerprint density at radius 1 is 0.619 bits per heavy atom. The summed E-state index contributed by atoms with van der Waals surface area (Å²) in [5, 5.41) is 54.5. The van der Waals surface area contributed by atoms with Gasteiger partial charge in [-0.15, -0.1) is 0 Å². The van der Waals surface area contributed by atoms with Crippen LogP contribution in [0.3, 0.4) is 0 Å². The van der Waals surface area contributed by atoms with Crippen molar-refractivity contribution in [2.75, 3.05) is 6.61 Å². The number of para-hydroxylation sites is 1. The van der Waals surface area contributed by atoms with E-state index in [-0.39, 0.29) is 30.9 Å². The van der Waals surface area contributed by atoms with E-state index in [1.165, 1.54) is 24.3 Å². The van der Waals surface area contributed by atoms with Gasteiger partial charge in [-0.25, -0.2) is 4.79 Å². The van der Waals surface area contributed by atoms with Crippen molar-refractivity contribution in [1.29, 1.82) is 0 Å². The second-order valence-electron chi connectivity index (χ2n) is 16.5. The molecule has 1 aromatic heterocycles. The van der Waals surface area contributed by atoms with Gasteiger partial charge in [-0.3, -0.25) is 33.6 Å². The van der Waals surface area contributed by atoms with E-state index in [9.17, 15) is 58.8 Å². The number of aliphatic hydroxyl groups excluding tert-OH is 1. The number of phenolic OH excluding ortho intramolecular Hbond substituents is 1. The van der Waals surface area contributed by atoms with Crippen molar-refractivity contribution in [3.05, 3.63) is 65.9 Å². The number of fused-ring (bicyclic) bond motifs is 1. The van der Waals surface area contributed by atoms with E-state index in [1.807, 2.05) is 12.1 Å². The van der Waals surface area contributed by atoms with Gasteiger partial charge in [-0.2, -0.15) is 0 Å². The molecule has 0 saturated heterocycles. The standard InChI is InChI=1S/C43H60N8O12/c1-21(2)15-33(43(62)63)49-39(58)31(17-25-19-45-29-10-8-7-9-27(25)29)48-42(61)36(23(5)6)51-40(59)32(18-34(54)55)46-38(57)30(16-24-11-13-26(53)14-12-24)47-41(60)35(22(3)4)50-37(56)28(44)20-52/h7-14,19,21-23,28,30-33,35-36,45,52-53H,15-18,20,44H2,1-6H3,(H,46,57)(H,47,60)(H,48,61)(H,49,58)(H,50,56)(H,51,59)(H,54,55)(H,62,63)/t28-,30-,31-,32-,33-,35-,36-/m0/s1. The van der Waals surface area contributed by atoms with Crippen LogP contribution in [0, 0.1) is 17.8 Å². The molecule has 0 aliphatic rings. The maximum atomic E-state index is 14.1. The van der Waals surface area contributed by atoms with Crippen LogP contribution in [0.1, 0.15) is 65.5 Å². The number of hydrogen-bond acceptors (Lipinski definition) is 11. The fourth-order valence-electron chi connectivity index (χ4n) is 6.62. The van der Waals surface area contributed by atoms with Gasteiger partial charge in [0, 0.05) is 29.9 Å². The summed E-state index contributed by atoms with van der Waals surface area (Å²) in [6, 6.07) is 2.89. The van der Waals surface area contributed by atoms with Crippen molar-refractivity contribution >= 4 is 58.3 Å². The predicted molar refractivity (Wildman–Crippen MR) is 229 cm³/mol. The molecule has 0 aliphatic heterocycles. The summed E-state index contributed by atoms with van der Waals surface area (Å²) in [6.07, 6.45) is 0.472. The van der Waals surface area contributed by atoms with Gasteiger partial charge in [0.1, 0.15) is 48.0 Å². The number of nitrogens with one attached hydrogen (secondary N) is 7. The number of amides is 6. The van der Waals surface area contributed by atoms with Crippen LogP contribution in [-0.4, -0.2) is 122 Å². The third-order valence-corrected chi connectivity index (χ3v) is 10.1. The molecule has 2 aromatic carbocycles. The molecule has 0 bridgehead atoms. The third kappa shape index (κ3) is 15.4. The summed E-state index contributed by atoms with van der Waals surface area (Å²) < 4.78 is 0. The van der Waals surface area contributed by atoms with Crippen molar-refractivity contribution in [1.82, 2.24) is 36.9 Å². The summed E-state index contributed by atoms with van der Waals surface area (Å²) >= 11 is 0. The van der Waals surface area contributed by atoms with Crippen LogP contribution in [0.25, 0.3) is 10.9 Å². The molecule has 0 fully saturated rings. The smallest absolute Gasteiger partial charge is 0.326 e. The molecule has 0 saturated carbocycles. The number of aliphatic carboxylic acids is 2. The van der Waals surface area contributed by atoms with Crippen molar-refractivity contribution < 1.29 is 58.8 Å². The molecule has 0 radical (unpaired) electrons. The number of carbonyl (C=O) groups excluding carboxylic acids is 6. The van der Waals surface area contributed by atoms with Crippen molar-refractivity contribution in [2.24, 2.45) is 23.5 Å². The number of benzene rings is 2. The third-order valence-electron chi connectivity index (χ3n) is 10.1. The molecule has 7 atom stereocenters. The predicted octanol–water partition coefficient (Wildman–Crippen LogP) is -0.195. The van der Waals surface area contributed by atoms with E-state index in [0.29, 0.717) is 11.1 Å². The first-order valence-corrected chi connectivity index (χ1v) is 20.6. The molecule has 3 aromatic rings. The minimum absolute atomic E-state index is 0.0875. The molecule has 1 heterocycles. The highest BCUT2D eigenvalue weighted by atomic mass is 16.4. The Morgan fingerprint density at radius 3 is 1.62 bits per heavy atom. The van der Waals surface area contributed by atoms with Gasteiger partial charge in [-0.1, -0.05) is 71.9 Å². The first-order valence-electron chi connectivity index (χ1n) is 20.6.